The Labute approximate surface area is 196 Å². The summed E-state index contributed by atoms with van der Waals surface area (Å²) in [5, 5.41) is 4.99. The highest BCUT2D eigenvalue weighted by Crippen LogP contribution is 2.17. The lowest BCUT2D eigenvalue weighted by atomic mass is 10.1. The van der Waals surface area contributed by atoms with Crippen LogP contribution in [0.25, 0.3) is 0 Å². The summed E-state index contributed by atoms with van der Waals surface area (Å²) >= 11 is 1.28. The van der Waals surface area contributed by atoms with Crippen LogP contribution >= 0.6 is 11.3 Å². The quantitative estimate of drug-likeness (QED) is 0.332. The zero-order valence-electron chi connectivity index (χ0n) is 18.8. The minimum Gasteiger partial charge on any atom is -0.486 e. The average molecular weight is 467 g/mol. The van der Waals surface area contributed by atoms with Gasteiger partial charge in [0.25, 0.3) is 0 Å². The number of nitrogens with zero attached hydrogens (tertiary/aromatic N) is 1. The molecule has 2 aromatic carbocycles. The first-order chi connectivity index (χ1) is 15.8. The second-order valence-electron chi connectivity index (χ2n) is 7.95. The van der Waals surface area contributed by atoms with Gasteiger partial charge in [0.2, 0.25) is 5.91 Å². The molecule has 0 radical (unpaired) electrons. The highest BCUT2D eigenvalue weighted by molar-refractivity contribution is 7.09. The number of rotatable bonds is 10. The third kappa shape index (κ3) is 7.54. The van der Waals surface area contributed by atoms with Crippen LogP contribution in [0.15, 0.2) is 53.9 Å². The van der Waals surface area contributed by atoms with Gasteiger partial charge in [-0.3, -0.25) is 9.59 Å². The lowest BCUT2D eigenvalue weighted by Crippen LogP contribution is -2.15. The summed E-state index contributed by atoms with van der Waals surface area (Å²) in [5.41, 5.74) is 2.27. The number of hydrogen-bond donors (Lipinski definition) is 1. The van der Waals surface area contributed by atoms with E-state index < -0.39 is 12.6 Å². The summed E-state index contributed by atoms with van der Waals surface area (Å²) < 4.78 is 10.8. The molecule has 0 unspecified atom stereocenters. The molecule has 3 rings (SSSR count). The van der Waals surface area contributed by atoms with E-state index in [1.165, 1.54) is 11.3 Å². The lowest BCUT2D eigenvalue weighted by Gasteiger charge is -2.08. The number of hydrogen-bond acceptors (Lipinski definition) is 7. The molecule has 0 saturated heterocycles. The van der Waals surface area contributed by atoms with Crippen molar-refractivity contribution in [1.29, 1.82) is 0 Å². The van der Waals surface area contributed by atoms with Crippen molar-refractivity contribution >= 4 is 34.7 Å². The molecule has 0 aliphatic heterocycles. The summed E-state index contributed by atoms with van der Waals surface area (Å²) in [6.45, 7) is 5.77. The Morgan fingerprint density at radius 1 is 1.03 bits per heavy atom. The highest BCUT2D eigenvalue weighted by Gasteiger charge is 2.16. The fourth-order valence-corrected chi connectivity index (χ4v) is 3.54. The summed E-state index contributed by atoms with van der Waals surface area (Å²) in [4.78, 5) is 40.6. The molecule has 1 amide bonds. The van der Waals surface area contributed by atoms with E-state index in [1.54, 1.807) is 29.6 Å². The van der Waals surface area contributed by atoms with Gasteiger partial charge < -0.3 is 14.8 Å². The van der Waals surface area contributed by atoms with E-state index in [2.05, 4.69) is 10.3 Å². The van der Waals surface area contributed by atoms with Gasteiger partial charge in [0.15, 0.2) is 18.1 Å². The number of carbonyl (C=O) groups is 3. The Morgan fingerprint density at radius 2 is 1.73 bits per heavy atom. The predicted octanol–water partition coefficient (Wildman–Crippen LogP) is 5.05. The second kappa shape index (κ2) is 11.4. The first kappa shape index (κ1) is 24.1. The maximum absolute atomic E-state index is 12.3. The van der Waals surface area contributed by atoms with E-state index in [4.69, 9.17) is 9.47 Å². The van der Waals surface area contributed by atoms with Crippen LogP contribution in [0.4, 0.5) is 5.69 Å². The number of Topliss-reactive ketones (excluding diaryl/α,β-unsaturated/α-hetero) is 1. The standard InChI is InChI=1S/C25H26N2O5S/c1-16(2)12-23(29)26-19-8-6-18(7-9-19)22(28)13-32-25(30)21-15-33-24(27-21)14-31-20-10-4-17(3)5-11-20/h4-11,15-16H,12-14H2,1-3H3,(H,26,29). The van der Waals surface area contributed by atoms with Crippen LogP contribution in [0.5, 0.6) is 5.75 Å². The van der Waals surface area contributed by atoms with Crippen LogP contribution < -0.4 is 10.1 Å². The van der Waals surface area contributed by atoms with Crippen molar-refractivity contribution < 1.29 is 23.9 Å². The van der Waals surface area contributed by atoms with Crippen LogP contribution in [0.3, 0.4) is 0 Å². The van der Waals surface area contributed by atoms with Crippen LogP contribution in [0.1, 0.15) is 51.7 Å². The zero-order chi connectivity index (χ0) is 23.8. The van der Waals surface area contributed by atoms with Crippen molar-refractivity contribution in [1.82, 2.24) is 4.98 Å². The van der Waals surface area contributed by atoms with E-state index in [0.717, 1.165) is 11.3 Å². The van der Waals surface area contributed by atoms with E-state index in [0.29, 0.717) is 22.7 Å². The fourth-order valence-electron chi connectivity index (χ4n) is 2.86. The van der Waals surface area contributed by atoms with Gasteiger partial charge in [-0.05, 0) is 49.2 Å². The number of ketones is 1. The van der Waals surface area contributed by atoms with Gasteiger partial charge in [0.1, 0.15) is 17.4 Å². The average Bonchev–Trinajstić information content (AvgIpc) is 3.26. The van der Waals surface area contributed by atoms with Crippen molar-refractivity contribution in [3.8, 4) is 5.75 Å². The molecule has 3 aromatic rings. The van der Waals surface area contributed by atoms with E-state index >= 15 is 0 Å². The number of aromatic nitrogens is 1. The summed E-state index contributed by atoms with van der Waals surface area (Å²) in [6.07, 6.45) is 0.424. The molecule has 0 bridgehead atoms. The second-order valence-corrected chi connectivity index (χ2v) is 8.89. The smallest absolute Gasteiger partial charge is 0.358 e. The summed E-state index contributed by atoms with van der Waals surface area (Å²) in [6, 6.07) is 14.1. The van der Waals surface area contributed by atoms with Crippen LogP contribution in [-0.4, -0.2) is 29.3 Å². The van der Waals surface area contributed by atoms with Crippen molar-refractivity contribution in [2.24, 2.45) is 5.92 Å². The molecule has 8 heteroatoms. The fraction of sp³-hybridized carbons (Fsp3) is 0.280. The van der Waals surface area contributed by atoms with Gasteiger partial charge in [-0.1, -0.05) is 31.5 Å². The number of ether oxygens (including phenoxy) is 2. The number of aryl methyl sites for hydroxylation is 1. The van der Waals surface area contributed by atoms with E-state index in [-0.39, 0.29) is 29.9 Å². The molecular weight excluding hydrogens is 440 g/mol. The molecule has 7 nitrogen and oxygen atoms in total. The van der Waals surface area contributed by atoms with Crippen molar-refractivity contribution in [3.63, 3.8) is 0 Å². The first-order valence-electron chi connectivity index (χ1n) is 10.5. The monoisotopic (exact) mass is 466 g/mol. The van der Waals surface area contributed by atoms with Crippen molar-refractivity contribution in [3.05, 3.63) is 75.7 Å². The molecule has 1 heterocycles. The number of nitrogens with one attached hydrogen (secondary N) is 1. The Kier molecular flexibility index (Phi) is 8.32. The predicted molar refractivity (Wildman–Crippen MR) is 127 cm³/mol. The molecule has 0 saturated carbocycles. The summed E-state index contributed by atoms with van der Waals surface area (Å²) in [5.74, 6) is -0.115. The van der Waals surface area contributed by atoms with Crippen LogP contribution in [0.2, 0.25) is 0 Å². The largest absolute Gasteiger partial charge is 0.486 e. The number of anilines is 1. The molecule has 0 aliphatic carbocycles. The summed E-state index contributed by atoms with van der Waals surface area (Å²) in [7, 11) is 0. The maximum Gasteiger partial charge on any atom is 0.358 e. The molecule has 1 aromatic heterocycles. The lowest BCUT2D eigenvalue weighted by molar-refractivity contribution is -0.116. The minimum atomic E-state index is -0.668. The van der Waals surface area contributed by atoms with Gasteiger partial charge in [0.05, 0.1) is 0 Å². The van der Waals surface area contributed by atoms with Gasteiger partial charge in [-0.2, -0.15) is 0 Å². The van der Waals surface area contributed by atoms with Gasteiger partial charge in [0, 0.05) is 23.1 Å². The molecule has 0 atom stereocenters. The number of thiazole rings is 1. The maximum atomic E-state index is 12.3. The number of esters is 1. The SMILES string of the molecule is Cc1ccc(OCc2nc(C(=O)OCC(=O)c3ccc(NC(=O)CC(C)C)cc3)cs2)cc1. The highest BCUT2D eigenvalue weighted by atomic mass is 32.1. The van der Waals surface area contributed by atoms with Crippen molar-refractivity contribution in [2.45, 2.75) is 33.8 Å². The topological polar surface area (TPSA) is 94.6 Å². The molecule has 1 N–H and O–H groups in total. The van der Waals surface area contributed by atoms with Gasteiger partial charge in [-0.15, -0.1) is 11.3 Å². The van der Waals surface area contributed by atoms with E-state index in [1.807, 2.05) is 45.0 Å². The van der Waals surface area contributed by atoms with E-state index in [9.17, 15) is 14.4 Å². The third-order valence-corrected chi connectivity index (χ3v) is 5.39. The Bertz CT molecular complexity index is 1100. The first-order valence-corrected chi connectivity index (χ1v) is 11.4. The number of carbonyl (C=O) groups excluding carboxylic acids is 3. The third-order valence-electron chi connectivity index (χ3n) is 4.56. The zero-order valence-corrected chi connectivity index (χ0v) is 19.6. The van der Waals surface area contributed by atoms with Gasteiger partial charge in [-0.25, -0.2) is 9.78 Å². The normalized spacial score (nSPS) is 10.7. The minimum absolute atomic E-state index is 0.0788. The molecule has 0 spiro atoms. The molecule has 172 valence electrons. The molecule has 0 fully saturated rings. The molecule has 0 aliphatic rings. The molecule has 33 heavy (non-hydrogen) atoms. The Hall–Kier alpha value is -3.52. The number of benzene rings is 2. The molecular formula is C25H26N2O5S. The Balaban J connectivity index is 1.46. The Morgan fingerprint density at radius 3 is 2.39 bits per heavy atom. The van der Waals surface area contributed by atoms with Crippen LogP contribution in [0, 0.1) is 12.8 Å². The van der Waals surface area contributed by atoms with Crippen molar-refractivity contribution in [2.75, 3.05) is 11.9 Å². The van der Waals surface area contributed by atoms with Gasteiger partial charge >= 0.3 is 5.97 Å². The number of amides is 1. The van der Waals surface area contributed by atoms with Crippen LogP contribution in [-0.2, 0) is 16.1 Å².